The van der Waals surface area contributed by atoms with Crippen molar-refractivity contribution in [3.63, 3.8) is 0 Å². The highest BCUT2D eigenvalue weighted by atomic mass is 16.5. The van der Waals surface area contributed by atoms with Crippen LogP contribution in [0.5, 0.6) is 11.5 Å². The van der Waals surface area contributed by atoms with Crippen LogP contribution in [-0.2, 0) is 25.5 Å². The molecule has 0 heterocycles. The van der Waals surface area contributed by atoms with Crippen molar-refractivity contribution in [1.29, 1.82) is 0 Å². The number of methoxy groups -OCH3 is 2. The zero-order valence-electron chi connectivity index (χ0n) is 23.1. The van der Waals surface area contributed by atoms with Crippen LogP contribution >= 0.6 is 0 Å². The first-order valence-electron chi connectivity index (χ1n) is 13.7. The molecule has 0 saturated heterocycles. The molecular formula is C29H49NO6. The number of amides is 1. The largest absolute Gasteiger partial charge is 0.490 e. The summed E-state index contributed by atoms with van der Waals surface area (Å²) >= 11 is 0. The molecule has 1 aromatic carbocycles. The fraction of sp³-hybridized carbons (Fsp3) is 0.724. The highest BCUT2D eigenvalue weighted by molar-refractivity contribution is 5.78. The molecule has 1 N–H and O–H groups in total. The quantitative estimate of drug-likeness (QED) is 0.156. The second-order valence-corrected chi connectivity index (χ2v) is 9.36. The third kappa shape index (κ3) is 15.0. The topological polar surface area (TPSA) is 83.1 Å². The lowest BCUT2D eigenvalue weighted by Crippen LogP contribution is -2.29. The van der Waals surface area contributed by atoms with Crippen LogP contribution in [-0.4, -0.2) is 52.5 Å². The number of aryl methyl sites for hydroxylation is 1. The lowest BCUT2D eigenvalue weighted by Gasteiger charge is -2.14. The Morgan fingerprint density at radius 2 is 1.61 bits per heavy atom. The van der Waals surface area contributed by atoms with Gasteiger partial charge in [0.05, 0.1) is 20.3 Å². The number of benzene rings is 1. The van der Waals surface area contributed by atoms with Gasteiger partial charge in [-0.15, -0.1) is 0 Å². The number of unbranched alkanes of at least 4 members (excludes halogenated alkanes) is 5. The number of nitrogens with one attached hydrogen (secondary N) is 1. The zero-order chi connectivity index (χ0) is 26.4. The van der Waals surface area contributed by atoms with E-state index in [0.717, 1.165) is 88.7 Å². The molecule has 7 heteroatoms. The van der Waals surface area contributed by atoms with Crippen molar-refractivity contribution in [3.05, 3.63) is 23.8 Å². The van der Waals surface area contributed by atoms with E-state index in [0.29, 0.717) is 26.2 Å². The summed E-state index contributed by atoms with van der Waals surface area (Å²) in [5, 5.41) is 3.03. The second kappa shape index (κ2) is 20.9. The highest BCUT2D eigenvalue weighted by Crippen LogP contribution is 2.30. The number of carbonyl (C=O) groups is 2. The molecule has 0 bridgehead atoms. The molecular weight excluding hydrogens is 458 g/mol. The minimum atomic E-state index is -0.191. The van der Waals surface area contributed by atoms with E-state index in [1.54, 1.807) is 7.11 Å². The summed E-state index contributed by atoms with van der Waals surface area (Å²) in [5.41, 5.74) is 1.23. The maximum atomic E-state index is 12.1. The summed E-state index contributed by atoms with van der Waals surface area (Å²) in [7, 11) is 3.09. The van der Waals surface area contributed by atoms with Gasteiger partial charge in [-0.3, -0.25) is 9.59 Å². The number of rotatable bonds is 22. The van der Waals surface area contributed by atoms with Crippen LogP contribution in [0.2, 0.25) is 0 Å². The Morgan fingerprint density at radius 1 is 0.861 bits per heavy atom. The second-order valence-electron chi connectivity index (χ2n) is 9.36. The molecule has 7 nitrogen and oxygen atoms in total. The van der Waals surface area contributed by atoms with E-state index in [-0.39, 0.29) is 17.8 Å². The summed E-state index contributed by atoms with van der Waals surface area (Å²) in [6.45, 7) is 6.70. The van der Waals surface area contributed by atoms with Crippen molar-refractivity contribution in [1.82, 2.24) is 5.32 Å². The summed E-state index contributed by atoms with van der Waals surface area (Å²) in [4.78, 5) is 23.3. The maximum absolute atomic E-state index is 12.1. The third-order valence-electron chi connectivity index (χ3n) is 6.15. The predicted octanol–water partition coefficient (Wildman–Crippen LogP) is 5.87. The molecule has 0 radical (unpaired) electrons. The highest BCUT2D eigenvalue weighted by Gasteiger charge is 2.12. The molecule has 206 valence electrons. The first kappa shape index (κ1) is 31.7. The maximum Gasteiger partial charge on any atom is 0.305 e. The van der Waals surface area contributed by atoms with E-state index in [2.05, 4.69) is 29.1 Å². The van der Waals surface area contributed by atoms with Crippen molar-refractivity contribution in [3.8, 4) is 11.5 Å². The molecule has 0 unspecified atom stereocenters. The predicted molar refractivity (Wildman–Crippen MR) is 144 cm³/mol. The molecule has 36 heavy (non-hydrogen) atoms. The van der Waals surface area contributed by atoms with Gasteiger partial charge in [0.1, 0.15) is 0 Å². The Kier molecular flexibility index (Phi) is 18.4. The summed E-state index contributed by atoms with van der Waals surface area (Å²) < 4.78 is 21.8. The van der Waals surface area contributed by atoms with Crippen LogP contribution in [0.15, 0.2) is 18.2 Å². The van der Waals surface area contributed by atoms with Crippen molar-refractivity contribution < 1.29 is 28.5 Å². The van der Waals surface area contributed by atoms with E-state index in [4.69, 9.17) is 14.2 Å². The summed E-state index contributed by atoms with van der Waals surface area (Å²) in [6.07, 6.45) is 11.3. The molecule has 0 saturated carbocycles. The van der Waals surface area contributed by atoms with Crippen molar-refractivity contribution >= 4 is 11.9 Å². The SMILES string of the molecule is CCCCNC(=O)[C@H](C)CCCCCCc1ccc(OCCCCC(=O)OC)c(OCCCOC)c1. The first-order chi connectivity index (χ1) is 17.5. The summed E-state index contributed by atoms with van der Waals surface area (Å²) in [6, 6.07) is 6.17. The van der Waals surface area contributed by atoms with E-state index in [9.17, 15) is 9.59 Å². The molecule has 0 aromatic heterocycles. The smallest absolute Gasteiger partial charge is 0.305 e. The molecule has 0 aliphatic heterocycles. The molecule has 1 atom stereocenters. The van der Waals surface area contributed by atoms with Crippen molar-refractivity contribution in [2.45, 2.75) is 90.9 Å². The standard InChI is InChI=1S/C29H49NO6/c1-5-6-19-30-29(32)24(2)14-9-7-8-10-15-25-17-18-26(27(23-25)36-22-13-20-33-3)35-21-12-11-16-28(31)34-4/h17-18,23-24H,5-16,19-22H2,1-4H3,(H,30,32)/t24-/m1/s1. The Hall–Kier alpha value is -2.28. The molecule has 0 fully saturated rings. The van der Waals surface area contributed by atoms with Gasteiger partial charge in [0.15, 0.2) is 11.5 Å². The molecule has 0 aliphatic carbocycles. The minimum absolute atomic E-state index is 0.0904. The number of ether oxygens (including phenoxy) is 4. The number of hydrogen-bond acceptors (Lipinski definition) is 6. The number of esters is 1. The van der Waals surface area contributed by atoms with E-state index in [1.165, 1.54) is 12.7 Å². The molecule has 1 amide bonds. The van der Waals surface area contributed by atoms with Crippen LogP contribution in [0, 0.1) is 5.92 Å². The van der Waals surface area contributed by atoms with Gasteiger partial charge in [0.25, 0.3) is 0 Å². The van der Waals surface area contributed by atoms with E-state index in [1.807, 2.05) is 13.0 Å². The van der Waals surface area contributed by atoms with Crippen LogP contribution in [0.1, 0.15) is 90.0 Å². The Labute approximate surface area is 218 Å². The number of hydrogen-bond donors (Lipinski definition) is 1. The first-order valence-corrected chi connectivity index (χ1v) is 13.7. The van der Waals surface area contributed by atoms with Gasteiger partial charge in [-0.05, 0) is 56.2 Å². The normalized spacial score (nSPS) is 11.7. The van der Waals surface area contributed by atoms with E-state index >= 15 is 0 Å². The minimum Gasteiger partial charge on any atom is -0.490 e. The van der Waals surface area contributed by atoms with Gasteiger partial charge in [0, 0.05) is 39.0 Å². The third-order valence-corrected chi connectivity index (χ3v) is 6.15. The van der Waals surface area contributed by atoms with Gasteiger partial charge in [-0.2, -0.15) is 0 Å². The van der Waals surface area contributed by atoms with Crippen LogP contribution in [0.25, 0.3) is 0 Å². The van der Waals surface area contributed by atoms with Gasteiger partial charge in [-0.1, -0.05) is 45.6 Å². The van der Waals surface area contributed by atoms with Gasteiger partial charge >= 0.3 is 5.97 Å². The average molecular weight is 508 g/mol. The van der Waals surface area contributed by atoms with E-state index < -0.39 is 0 Å². The molecule has 0 spiro atoms. The Morgan fingerprint density at radius 3 is 2.36 bits per heavy atom. The average Bonchev–Trinajstić information content (AvgIpc) is 2.88. The lowest BCUT2D eigenvalue weighted by atomic mass is 10.00. The van der Waals surface area contributed by atoms with Crippen LogP contribution in [0.4, 0.5) is 0 Å². The fourth-order valence-corrected chi connectivity index (χ4v) is 3.81. The summed E-state index contributed by atoms with van der Waals surface area (Å²) in [5.74, 6) is 1.59. The number of carbonyl (C=O) groups excluding carboxylic acids is 2. The fourth-order valence-electron chi connectivity index (χ4n) is 3.81. The molecule has 0 aliphatic rings. The van der Waals surface area contributed by atoms with Crippen LogP contribution in [0.3, 0.4) is 0 Å². The van der Waals surface area contributed by atoms with Crippen molar-refractivity contribution in [2.24, 2.45) is 5.92 Å². The Balaban J connectivity index is 2.42. The lowest BCUT2D eigenvalue weighted by molar-refractivity contribution is -0.140. The van der Waals surface area contributed by atoms with Gasteiger partial charge < -0.3 is 24.3 Å². The Bertz CT molecular complexity index is 724. The molecule has 1 rings (SSSR count). The van der Waals surface area contributed by atoms with Crippen molar-refractivity contribution in [2.75, 3.05) is 40.6 Å². The van der Waals surface area contributed by atoms with Gasteiger partial charge in [-0.25, -0.2) is 0 Å². The van der Waals surface area contributed by atoms with Crippen LogP contribution < -0.4 is 14.8 Å². The molecule has 1 aromatic rings. The van der Waals surface area contributed by atoms with Gasteiger partial charge in [0.2, 0.25) is 5.91 Å². The zero-order valence-corrected chi connectivity index (χ0v) is 23.1. The monoisotopic (exact) mass is 507 g/mol.